The van der Waals surface area contributed by atoms with Crippen LogP contribution in [-0.2, 0) is 4.79 Å². The van der Waals surface area contributed by atoms with Gasteiger partial charge in [0.25, 0.3) is 5.91 Å². The summed E-state index contributed by atoms with van der Waals surface area (Å²) in [5.41, 5.74) is 3.00. The van der Waals surface area contributed by atoms with Gasteiger partial charge in [0.15, 0.2) is 5.17 Å². The van der Waals surface area contributed by atoms with Crippen molar-refractivity contribution in [3.8, 4) is 0 Å². The van der Waals surface area contributed by atoms with Crippen LogP contribution in [0.3, 0.4) is 0 Å². The Morgan fingerprint density at radius 1 is 1.17 bits per heavy atom. The number of aliphatic imine (C=N–C) groups is 1. The molecule has 2 aromatic carbocycles. The summed E-state index contributed by atoms with van der Waals surface area (Å²) in [5.74, 6) is 0.0118. The lowest BCUT2D eigenvalue weighted by Crippen LogP contribution is -2.28. The molecule has 1 saturated heterocycles. The maximum atomic E-state index is 12.6. The predicted molar refractivity (Wildman–Crippen MR) is 105 cm³/mol. The maximum absolute atomic E-state index is 12.6. The van der Waals surface area contributed by atoms with Crippen LogP contribution in [0, 0.1) is 6.92 Å². The number of nitrogens with zero attached hydrogens (tertiary/aromatic N) is 2. The van der Waals surface area contributed by atoms with Gasteiger partial charge in [-0.3, -0.25) is 9.69 Å². The Labute approximate surface area is 154 Å². The monoisotopic (exact) mass is 400 g/mol. The second-order valence-corrected chi connectivity index (χ2v) is 7.32. The molecule has 1 heterocycles. The summed E-state index contributed by atoms with van der Waals surface area (Å²) in [4.78, 5) is 19.8. The van der Waals surface area contributed by atoms with Crippen molar-refractivity contribution in [2.45, 2.75) is 13.8 Å². The first kappa shape index (κ1) is 17.0. The third-order valence-electron chi connectivity index (χ3n) is 3.70. The minimum atomic E-state index is 0.0118. The Balaban J connectivity index is 1.94. The summed E-state index contributed by atoms with van der Waals surface area (Å²) in [6.45, 7) is 4.60. The number of aryl methyl sites for hydroxylation is 1. The van der Waals surface area contributed by atoms with E-state index >= 15 is 0 Å². The van der Waals surface area contributed by atoms with E-state index in [4.69, 9.17) is 4.99 Å². The van der Waals surface area contributed by atoms with E-state index in [1.165, 1.54) is 11.8 Å². The SMILES string of the molecule is CCN1C(=O)/C(=C\c2ccc(Br)cc2)SC1=Nc1ccccc1C. The zero-order valence-electron chi connectivity index (χ0n) is 13.5. The molecule has 0 atom stereocenters. The summed E-state index contributed by atoms with van der Waals surface area (Å²) in [6.07, 6.45) is 1.92. The number of amides is 1. The molecule has 1 fully saturated rings. The van der Waals surface area contributed by atoms with Crippen LogP contribution in [0.25, 0.3) is 6.08 Å². The molecule has 0 spiro atoms. The Morgan fingerprint density at radius 2 is 1.88 bits per heavy atom. The lowest BCUT2D eigenvalue weighted by atomic mass is 10.2. The van der Waals surface area contributed by atoms with Gasteiger partial charge in [-0.2, -0.15) is 0 Å². The molecule has 5 heteroatoms. The summed E-state index contributed by atoms with van der Waals surface area (Å²) in [6, 6.07) is 15.8. The van der Waals surface area contributed by atoms with Gasteiger partial charge >= 0.3 is 0 Å². The largest absolute Gasteiger partial charge is 0.287 e. The van der Waals surface area contributed by atoms with Crippen molar-refractivity contribution in [1.29, 1.82) is 0 Å². The molecule has 3 nitrogen and oxygen atoms in total. The van der Waals surface area contributed by atoms with Crippen molar-refractivity contribution in [3.05, 3.63) is 69.0 Å². The van der Waals surface area contributed by atoms with E-state index in [0.717, 1.165) is 26.5 Å². The first-order chi connectivity index (χ1) is 11.6. The van der Waals surface area contributed by atoms with Crippen molar-refractivity contribution in [3.63, 3.8) is 0 Å². The predicted octanol–water partition coefficient (Wildman–Crippen LogP) is 5.38. The van der Waals surface area contributed by atoms with E-state index in [-0.39, 0.29) is 5.91 Å². The van der Waals surface area contributed by atoms with Gasteiger partial charge in [0.1, 0.15) is 0 Å². The number of para-hydroxylation sites is 1. The molecule has 3 rings (SSSR count). The van der Waals surface area contributed by atoms with Crippen molar-refractivity contribution < 1.29 is 4.79 Å². The molecule has 0 saturated carbocycles. The number of carbonyl (C=O) groups excluding carboxylic acids is 1. The first-order valence-corrected chi connectivity index (χ1v) is 9.30. The molecule has 1 aliphatic heterocycles. The molecule has 0 N–H and O–H groups in total. The normalized spacial score (nSPS) is 18.0. The van der Waals surface area contributed by atoms with Gasteiger partial charge in [-0.1, -0.05) is 46.3 Å². The zero-order chi connectivity index (χ0) is 17.1. The summed E-state index contributed by atoms with van der Waals surface area (Å²) in [7, 11) is 0. The number of likely N-dealkylation sites (N-methyl/N-ethyl adjacent to an activating group) is 1. The molecule has 0 unspecified atom stereocenters. The molecular weight excluding hydrogens is 384 g/mol. The second kappa shape index (κ2) is 7.36. The average Bonchev–Trinajstić information content (AvgIpc) is 2.87. The third kappa shape index (κ3) is 3.62. The second-order valence-electron chi connectivity index (χ2n) is 5.39. The molecule has 24 heavy (non-hydrogen) atoms. The molecule has 2 aromatic rings. The highest BCUT2D eigenvalue weighted by molar-refractivity contribution is 9.10. The fourth-order valence-electron chi connectivity index (χ4n) is 2.37. The summed E-state index contributed by atoms with van der Waals surface area (Å²) < 4.78 is 1.02. The molecule has 0 bridgehead atoms. The van der Waals surface area contributed by atoms with E-state index in [0.29, 0.717) is 11.4 Å². The Bertz CT molecular complexity index is 828. The highest BCUT2D eigenvalue weighted by atomic mass is 79.9. The molecular formula is C19H17BrN2OS. The Kier molecular flexibility index (Phi) is 5.21. The van der Waals surface area contributed by atoms with E-state index < -0.39 is 0 Å². The topological polar surface area (TPSA) is 32.7 Å². The number of benzene rings is 2. The fourth-order valence-corrected chi connectivity index (χ4v) is 3.69. The highest BCUT2D eigenvalue weighted by Gasteiger charge is 2.32. The number of amidine groups is 1. The van der Waals surface area contributed by atoms with E-state index in [1.54, 1.807) is 4.90 Å². The van der Waals surface area contributed by atoms with Gasteiger partial charge in [0.05, 0.1) is 10.6 Å². The van der Waals surface area contributed by atoms with Crippen LogP contribution in [0.4, 0.5) is 5.69 Å². The van der Waals surface area contributed by atoms with Gasteiger partial charge < -0.3 is 0 Å². The van der Waals surface area contributed by atoms with Crippen molar-refractivity contribution in [2.75, 3.05) is 6.54 Å². The van der Waals surface area contributed by atoms with Crippen LogP contribution in [0.2, 0.25) is 0 Å². The standard InChI is InChI=1S/C19H17BrN2OS/c1-3-22-18(23)17(12-14-8-10-15(20)11-9-14)24-19(22)21-16-7-5-4-6-13(16)2/h4-12H,3H2,1-2H3/b17-12+,21-19?. The van der Waals surface area contributed by atoms with E-state index in [2.05, 4.69) is 15.9 Å². The number of halogens is 1. The van der Waals surface area contributed by atoms with Gasteiger partial charge in [-0.05, 0) is 61.0 Å². The lowest BCUT2D eigenvalue weighted by molar-refractivity contribution is -0.122. The smallest absolute Gasteiger partial charge is 0.266 e. The number of hydrogen-bond donors (Lipinski definition) is 0. The van der Waals surface area contributed by atoms with Gasteiger partial charge in [0, 0.05) is 11.0 Å². The minimum Gasteiger partial charge on any atom is -0.287 e. The van der Waals surface area contributed by atoms with Crippen LogP contribution < -0.4 is 0 Å². The van der Waals surface area contributed by atoms with Gasteiger partial charge in [-0.25, -0.2) is 4.99 Å². The molecule has 0 aromatic heterocycles. The Hall–Kier alpha value is -1.85. The van der Waals surface area contributed by atoms with Crippen LogP contribution in [-0.4, -0.2) is 22.5 Å². The van der Waals surface area contributed by atoms with Crippen LogP contribution in [0.15, 0.2) is 62.9 Å². The number of carbonyl (C=O) groups is 1. The van der Waals surface area contributed by atoms with Gasteiger partial charge in [-0.15, -0.1) is 0 Å². The van der Waals surface area contributed by atoms with E-state index in [1.807, 2.05) is 68.5 Å². The molecule has 0 aliphatic carbocycles. The first-order valence-electron chi connectivity index (χ1n) is 7.70. The molecule has 0 radical (unpaired) electrons. The third-order valence-corrected chi connectivity index (χ3v) is 5.24. The van der Waals surface area contributed by atoms with Gasteiger partial charge in [0.2, 0.25) is 0 Å². The maximum Gasteiger partial charge on any atom is 0.266 e. The summed E-state index contributed by atoms with van der Waals surface area (Å²) >= 11 is 4.85. The fraction of sp³-hybridized carbons (Fsp3) is 0.158. The number of rotatable bonds is 3. The van der Waals surface area contributed by atoms with Crippen LogP contribution in [0.5, 0.6) is 0 Å². The number of hydrogen-bond acceptors (Lipinski definition) is 3. The number of thioether (sulfide) groups is 1. The van der Waals surface area contributed by atoms with E-state index in [9.17, 15) is 4.79 Å². The highest BCUT2D eigenvalue weighted by Crippen LogP contribution is 2.34. The summed E-state index contributed by atoms with van der Waals surface area (Å²) in [5, 5.41) is 0.736. The van der Waals surface area contributed by atoms with Crippen molar-refractivity contribution in [1.82, 2.24) is 4.90 Å². The Morgan fingerprint density at radius 3 is 2.54 bits per heavy atom. The zero-order valence-corrected chi connectivity index (χ0v) is 15.9. The van der Waals surface area contributed by atoms with Crippen molar-refractivity contribution in [2.24, 2.45) is 4.99 Å². The lowest BCUT2D eigenvalue weighted by Gasteiger charge is -2.12. The van der Waals surface area contributed by atoms with Crippen molar-refractivity contribution >= 4 is 50.5 Å². The van der Waals surface area contributed by atoms with Crippen LogP contribution in [0.1, 0.15) is 18.1 Å². The minimum absolute atomic E-state index is 0.0118. The quantitative estimate of drug-likeness (QED) is 0.647. The average molecular weight is 401 g/mol. The van der Waals surface area contributed by atoms with Crippen LogP contribution >= 0.6 is 27.7 Å². The molecule has 1 amide bonds. The molecule has 122 valence electrons. The molecule has 1 aliphatic rings.